The van der Waals surface area contributed by atoms with Gasteiger partial charge in [-0.2, -0.15) is 23.4 Å². The predicted molar refractivity (Wildman–Crippen MR) is 110 cm³/mol. The summed E-state index contributed by atoms with van der Waals surface area (Å²) in [7, 11) is 0. The number of nitrogens with zero attached hydrogens (tertiary/aromatic N) is 7. The van der Waals surface area contributed by atoms with Crippen molar-refractivity contribution in [1.29, 1.82) is 0 Å². The fourth-order valence-electron chi connectivity index (χ4n) is 3.44. The molecule has 0 radical (unpaired) electrons. The van der Waals surface area contributed by atoms with Gasteiger partial charge in [0, 0.05) is 24.5 Å². The maximum absolute atomic E-state index is 13.5. The number of alkyl halides is 3. The lowest BCUT2D eigenvalue weighted by molar-refractivity contribution is -0.141. The molecule has 0 aliphatic carbocycles. The molecule has 1 atom stereocenters. The molecule has 1 amide bonds. The average Bonchev–Trinajstić information content (AvgIpc) is 3.30. The molecule has 170 valence electrons. The third-order valence-electron chi connectivity index (χ3n) is 5.09. The zero-order valence-corrected chi connectivity index (χ0v) is 18.0. The number of aromatic nitrogens is 6. The number of carbonyl (C=O) groups is 1. The van der Waals surface area contributed by atoms with Crippen LogP contribution in [0, 0.1) is 6.92 Å². The summed E-state index contributed by atoms with van der Waals surface area (Å²) in [6.07, 6.45) is 1.97. The summed E-state index contributed by atoms with van der Waals surface area (Å²) in [4.78, 5) is 28.3. The largest absolute Gasteiger partial charge is 0.434 e. The quantitative estimate of drug-likeness (QED) is 0.524. The van der Waals surface area contributed by atoms with Gasteiger partial charge in [0.1, 0.15) is 5.69 Å². The molecule has 0 aliphatic rings. The Labute approximate surface area is 183 Å². The van der Waals surface area contributed by atoms with Gasteiger partial charge in [0.15, 0.2) is 11.4 Å². The van der Waals surface area contributed by atoms with Crippen LogP contribution in [0.5, 0.6) is 0 Å². The number of hydrogen-bond acceptors (Lipinski definition) is 6. The number of hydrogen-bond donors (Lipinski definition) is 0. The first kappa shape index (κ1) is 23.3. The number of aryl methyl sites for hydroxylation is 2. The monoisotopic (exact) mass is 447 g/mol. The maximum Gasteiger partial charge on any atom is 0.434 e. The lowest BCUT2D eigenvalue weighted by atomic mass is 10.0. The Balaban J connectivity index is 1.79. The highest BCUT2D eigenvalue weighted by Crippen LogP contribution is 2.26. The van der Waals surface area contributed by atoms with Gasteiger partial charge in [-0.1, -0.05) is 6.92 Å². The molecule has 3 aromatic heterocycles. The van der Waals surface area contributed by atoms with Crippen LogP contribution in [-0.4, -0.2) is 53.3 Å². The first-order valence-corrected chi connectivity index (χ1v) is 10.3. The Bertz CT molecular complexity index is 1040. The van der Waals surface area contributed by atoms with Crippen LogP contribution in [0.2, 0.25) is 0 Å². The molecule has 0 unspecified atom stereocenters. The van der Waals surface area contributed by atoms with Crippen LogP contribution in [0.15, 0.2) is 36.9 Å². The van der Waals surface area contributed by atoms with Crippen LogP contribution >= 0.6 is 0 Å². The topological polar surface area (TPSA) is 89.7 Å². The van der Waals surface area contributed by atoms with E-state index in [0.29, 0.717) is 42.9 Å². The SMILES string of the molecule is CC[C@@H](CCc1cnc(C(F)(F)F)cn1)N(CC)C(=O)c1nc(C)ccc1-n1nccn1. The van der Waals surface area contributed by atoms with Gasteiger partial charge >= 0.3 is 6.18 Å². The summed E-state index contributed by atoms with van der Waals surface area (Å²) in [6, 6.07) is 3.38. The van der Waals surface area contributed by atoms with E-state index in [1.165, 1.54) is 17.2 Å². The standard InChI is InChI=1S/C21H24F3N7O/c1-4-16(8-7-15-12-26-18(13-25-15)21(22,23)24)30(5-2)20(32)19-17(9-6-14(3)29-19)31-27-10-11-28-31/h6,9-13,16H,4-5,7-8H2,1-3H3/t16-/m0/s1. The normalized spacial score (nSPS) is 12.6. The van der Waals surface area contributed by atoms with E-state index in [9.17, 15) is 18.0 Å². The fraction of sp³-hybridized carbons (Fsp3) is 0.429. The van der Waals surface area contributed by atoms with Crippen LogP contribution in [0.1, 0.15) is 54.3 Å². The van der Waals surface area contributed by atoms with E-state index in [1.54, 1.807) is 24.0 Å². The number of halogens is 3. The van der Waals surface area contributed by atoms with Crippen molar-refractivity contribution >= 4 is 5.91 Å². The Morgan fingerprint density at radius 3 is 2.41 bits per heavy atom. The molecule has 32 heavy (non-hydrogen) atoms. The second-order valence-electron chi connectivity index (χ2n) is 7.22. The highest BCUT2D eigenvalue weighted by Gasteiger charge is 2.33. The highest BCUT2D eigenvalue weighted by atomic mass is 19.4. The van der Waals surface area contributed by atoms with E-state index in [-0.39, 0.29) is 17.6 Å². The zero-order valence-electron chi connectivity index (χ0n) is 18.0. The van der Waals surface area contributed by atoms with Crippen molar-refractivity contribution in [2.45, 2.75) is 52.3 Å². The van der Waals surface area contributed by atoms with Gasteiger partial charge in [-0.15, -0.1) is 4.80 Å². The fourth-order valence-corrected chi connectivity index (χ4v) is 3.44. The van der Waals surface area contributed by atoms with E-state index < -0.39 is 11.9 Å². The number of carbonyl (C=O) groups excluding carboxylic acids is 1. The van der Waals surface area contributed by atoms with Crippen molar-refractivity contribution in [1.82, 2.24) is 34.8 Å². The van der Waals surface area contributed by atoms with Crippen LogP contribution in [0.3, 0.4) is 0 Å². The molecular weight excluding hydrogens is 423 g/mol. The van der Waals surface area contributed by atoms with Crippen molar-refractivity contribution in [3.63, 3.8) is 0 Å². The van der Waals surface area contributed by atoms with Gasteiger partial charge < -0.3 is 4.90 Å². The lowest BCUT2D eigenvalue weighted by Gasteiger charge is -2.30. The molecule has 11 heteroatoms. The van der Waals surface area contributed by atoms with Crippen molar-refractivity contribution in [2.24, 2.45) is 0 Å². The molecule has 0 saturated carbocycles. The molecular formula is C21H24F3N7O. The maximum atomic E-state index is 13.5. The minimum atomic E-state index is -4.52. The van der Waals surface area contributed by atoms with Crippen molar-refractivity contribution in [3.8, 4) is 5.69 Å². The summed E-state index contributed by atoms with van der Waals surface area (Å²) in [5.74, 6) is -0.256. The Morgan fingerprint density at radius 1 is 1.12 bits per heavy atom. The second-order valence-corrected chi connectivity index (χ2v) is 7.22. The summed E-state index contributed by atoms with van der Waals surface area (Å²) in [6.45, 7) is 6.07. The predicted octanol–water partition coefficient (Wildman–Crippen LogP) is 3.65. The van der Waals surface area contributed by atoms with Crippen molar-refractivity contribution in [3.05, 3.63) is 59.7 Å². The van der Waals surface area contributed by atoms with Crippen LogP contribution in [-0.2, 0) is 12.6 Å². The summed E-state index contributed by atoms with van der Waals surface area (Å²) < 4.78 is 38.1. The average molecular weight is 447 g/mol. The lowest BCUT2D eigenvalue weighted by Crippen LogP contribution is -2.41. The second kappa shape index (κ2) is 9.84. The molecule has 8 nitrogen and oxygen atoms in total. The molecule has 0 aliphatic heterocycles. The zero-order chi connectivity index (χ0) is 23.3. The Hall–Kier alpha value is -3.37. The molecule has 0 saturated heterocycles. The first-order valence-electron chi connectivity index (χ1n) is 10.3. The molecule has 0 bridgehead atoms. The molecule has 3 heterocycles. The molecule has 3 aromatic rings. The minimum Gasteiger partial charge on any atom is -0.335 e. The highest BCUT2D eigenvalue weighted by molar-refractivity contribution is 5.96. The Kier molecular flexibility index (Phi) is 7.16. The minimum absolute atomic E-state index is 0.155. The third-order valence-corrected chi connectivity index (χ3v) is 5.09. The van der Waals surface area contributed by atoms with Gasteiger partial charge in [-0.3, -0.25) is 9.78 Å². The molecule has 0 N–H and O–H groups in total. The van der Waals surface area contributed by atoms with Gasteiger partial charge in [0.2, 0.25) is 0 Å². The van der Waals surface area contributed by atoms with Crippen LogP contribution in [0.25, 0.3) is 5.69 Å². The third kappa shape index (κ3) is 5.27. The molecule has 0 spiro atoms. The number of rotatable bonds is 8. The van der Waals surface area contributed by atoms with Crippen molar-refractivity contribution < 1.29 is 18.0 Å². The van der Waals surface area contributed by atoms with Crippen LogP contribution < -0.4 is 0 Å². The van der Waals surface area contributed by atoms with Gasteiger partial charge in [0.25, 0.3) is 5.91 Å². The van der Waals surface area contributed by atoms with Crippen LogP contribution in [0.4, 0.5) is 13.2 Å². The van der Waals surface area contributed by atoms with Crippen molar-refractivity contribution in [2.75, 3.05) is 6.54 Å². The first-order chi connectivity index (χ1) is 15.2. The number of amides is 1. The van der Waals surface area contributed by atoms with Gasteiger partial charge in [-0.05, 0) is 45.2 Å². The summed E-state index contributed by atoms with van der Waals surface area (Å²) >= 11 is 0. The molecule has 0 fully saturated rings. The van der Waals surface area contributed by atoms with E-state index in [1.807, 2.05) is 13.8 Å². The number of pyridine rings is 1. The van der Waals surface area contributed by atoms with E-state index in [4.69, 9.17) is 0 Å². The van der Waals surface area contributed by atoms with Gasteiger partial charge in [0.05, 0.1) is 24.3 Å². The molecule has 0 aromatic carbocycles. The molecule has 3 rings (SSSR count). The van der Waals surface area contributed by atoms with E-state index >= 15 is 0 Å². The van der Waals surface area contributed by atoms with Gasteiger partial charge in [-0.25, -0.2) is 9.97 Å². The van der Waals surface area contributed by atoms with E-state index in [2.05, 4.69) is 25.1 Å². The summed E-state index contributed by atoms with van der Waals surface area (Å²) in [5.41, 5.74) is 0.829. The Morgan fingerprint density at radius 2 is 1.84 bits per heavy atom. The smallest absolute Gasteiger partial charge is 0.335 e. The van der Waals surface area contributed by atoms with E-state index in [0.717, 1.165) is 12.4 Å². The summed E-state index contributed by atoms with van der Waals surface area (Å²) in [5, 5.41) is 8.22.